The quantitative estimate of drug-likeness (QED) is 0.643. The minimum absolute atomic E-state index is 0.0170. The molecule has 0 aliphatic heterocycles. The van der Waals surface area contributed by atoms with Gasteiger partial charge in [-0.3, -0.25) is 0 Å². The molecule has 23 heavy (non-hydrogen) atoms. The molecule has 132 valence electrons. The van der Waals surface area contributed by atoms with Crippen LogP contribution in [0.2, 0.25) is 0 Å². The van der Waals surface area contributed by atoms with Crippen molar-refractivity contribution in [3.8, 4) is 0 Å². The van der Waals surface area contributed by atoms with Gasteiger partial charge >= 0.3 is 0 Å². The summed E-state index contributed by atoms with van der Waals surface area (Å²) in [5.41, 5.74) is -0.199. The maximum atomic E-state index is 14.3. The summed E-state index contributed by atoms with van der Waals surface area (Å²) in [5, 5.41) is 10.3. The summed E-state index contributed by atoms with van der Waals surface area (Å²) >= 11 is 0. The molecule has 1 N–H and O–H groups in total. The van der Waals surface area contributed by atoms with Gasteiger partial charge in [-0.05, 0) is 73.5 Å². The summed E-state index contributed by atoms with van der Waals surface area (Å²) < 4.78 is 28.5. The van der Waals surface area contributed by atoms with Crippen molar-refractivity contribution < 1.29 is 13.9 Å². The molecule has 8 atom stereocenters. The second-order valence-corrected chi connectivity index (χ2v) is 9.95. The lowest BCUT2D eigenvalue weighted by Gasteiger charge is -2.60. The molecule has 4 saturated carbocycles. The highest BCUT2D eigenvalue weighted by Crippen LogP contribution is 2.68. The second kappa shape index (κ2) is 4.93. The first-order valence-corrected chi connectivity index (χ1v) is 9.74. The minimum Gasteiger partial charge on any atom is -0.386 e. The lowest BCUT2D eigenvalue weighted by Crippen LogP contribution is -2.54. The standard InChI is InChI=1S/C20H32F2O/c1-12-6-8-18(2)13(10-12)4-5-14-15(18)7-9-19(3)16(14)11-20(21,22)17(19)23/h12-17,23H,4-11H2,1-3H3/t12-,13-,14+,15-,16-,17-,18-,19-/m0/s1. The third kappa shape index (κ3) is 2.10. The molecular weight excluding hydrogens is 294 g/mol. The molecule has 0 amide bonds. The van der Waals surface area contributed by atoms with Crippen LogP contribution in [0, 0.1) is 40.4 Å². The van der Waals surface area contributed by atoms with Crippen molar-refractivity contribution in [1.82, 2.24) is 0 Å². The number of alkyl halides is 2. The van der Waals surface area contributed by atoms with Crippen LogP contribution < -0.4 is 0 Å². The van der Waals surface area contributed by atoms with Gasteiger partial charge in [-0.25, -0.2) is 8.78 Å². The van der Waals surface area contributed by atoms with E-state index in [0.29, 0.717) is 17.3 Å². The predicted octanol–water partition coefficient (Wildman–Crippen LogP) is 5.27. The molecule has 1 nitrogen and oxygen atoms in total. The van der Waals surface area contributed by atoms with Gasteiger partial charge in [0, 0.05) is 11.8 Å². The lowest BCUT2D eigenvalue weighted by atomic mass is 9.44. The topological polar surface area (TPSA) is 20.2 Å². The van der Waals surface area contributed by atoms with Crippen LogP contribution in [-0.2, 0) is 0 Å². The van der Waals surface area contributed by atoms with E-state index in [0.717, 1.165) is 31.1 Å². The average molecular weight is 326 g/mol. The first-order valence-electron chi connectivity index (χ1n) is 9.74. The van der Waals surface area contributed by atoms with Crippen LogP contribution in [0.5, 0.6) is 0 Å². The van der Waals surface area contributed by atoms with Crippen molar-refractivity contribution in [2.75, 3.05) is 0 Å². The molecular formula is C20H32F2O. The Morgan fingerprint density at radius 3 is 2.35 bits per heavy atom. The zero-order valence-electron chi connectivity index (χ0n) is 14.8. The van der Waals surface area contributed by atoms with Crippen molar-refractivity contribution in [2.24, 2.45) is 40.4 Å². The Bertz CT molecular complexity index is 492. The fraction of sp³-hybridized carbons (Fsp3) is 1.00. The van der Waals surface area contributed by atoms with E-state index in [-0.39, 0.29) is 12.3 Å². The third-order valence-corrected chi connectivity index (χ3v) is 8.88. The highest BCUT2D eigenvalue weighted by atomic mass is 19.3. The van der Waals surface area contributed by atoms with E-state index >= 15 is 0 Å². The smallest absolute Gasteiger partial charge is 0.274 e. The number of fused-ring (bicyclic) bond motifs is 5. The molecule has 4 fully saturated rings. The average Bonchev–Trinajstić information content (AvgIpc) is 2.68. The SMILES string of the molecule is C[C@H]1CC[C@@]2(C)[C@@H](CC[C@@H]3[C@@H]2CC[C@]2(C)[C@H](O)C(F)(F)C[C@@H]32)C1. The van der Waals surface area contributed by atoms with E-state index in [4.69, 9.17) is 0 Å². The fourth-order valence-corrected chi connectivity index (χ4v) is 7.43. The zero-order valence-corrected chi connectivity index (χ0v) is 14.8. The van der Waals surface area contributed by atoms with Crippen molar-refractivity contribution in [3.05, 3.63) is 0 Å². The predicted molar refractivity (Wildman–Crippen MR) is 87.2 cm³/mol. The Balaban J connectivity index is 1.65. The number of hydrogen-bond donors (Lipinski definition) is 1. The summed E-state index contributed by atoms with van der Waals surface area (Å²) in [6.45, 7) is 6.78. The van der Waals surface area contributed by atoms with E-state index < -0.39 is 17.4 Å². The largest absolute Gasteiger partial charge is 0.386 e. The van der Waals surface area contributed by atoms with Gasteiger partial charge in [-0.15, -0.1) is 0 Å². The van der Waals surface area contributed by atoms with Crippen molar-refractivity contribution >= 4 is 0 Å². The first kappa shape index (κ1) is 16.3. The molecule has 0 radical (unpaired) electrons. The maximum Gasteiger partial charge on any atom is 0.274 e. The van der Waals surface area contributed by atoms with E-state index in [1.807, 2.05) is 6.92 Å². The maximum absolute atomic E-state index is 14.3. The monoisotopic (exact) mass is 326 g/mol. The fourth-order valence-electron chi connectivity index (χ4n) is 7.43. The molecule has 3 heteroatoms. The van der Waals surface area contributed by atoms with Crippen molar-refractivity contribution in [3.63, 3.8) is 0 Å². The van der Waals surface area contributed by atoms with Crippen LogP contribution in [-0.4, -0.2) is 17.1 Å². The molecule has 0 unspecified atom stereocenters. The van der Waals surface area contributed by atoms with Crippen LogP contribution in [0.15, 0.2) is 0 Å². The van der Waals surface area contributed by atoms with E-state index in [9.17, 15) is 13.9 Å². The van der Waals surface area contributed by atoms with Crippen LogP contribution in [0.4, 0.5) is 8.78 Å². The van der Waals surface area contributed by atoms with Crippen LogP contribution in [0.1, 0.15) is 72.1 Å². The molecule has 4 aliphatic carbocycles. The highest BCUT2D eigenvalue weighted by molar-refractivity contribution is 5.13. The summed E-state index contributed by atoms with van der Waals surface area (Å²) in [6.07, 6.45) is 6.57. The van der Waals surface area contributed by atoms with Crippen LogP contribution >= 0.6 is 0 Å². The minimum atomic E-state index is -2.88. The van der Waals surface area contributed by atoms with E-state index in [1.54, 1.807) is 0 Å². The first-order chi connectivity index (χ1) is 10.7. The van der Waals surface area contributed by atoms with Gasteiger partial charge in [0.15, 0.2) is 0 Å². The number of hydrogen-bond acceptors (Lipinski definition) is 1. The van der Waals surface area contributed by atoms with Gasteiger partial charge in [-0.2, -0.15) is 0 Å². The third-order valence-electron chi connectivity index (χ3n) is 8.88. The Labute approximate surface area is 139 Å². The number of halogens is 2. The lowest BCUT2D eigenvalue weighted by molar-refractivity contribution is -0.143. The summed E-state index contributed by atoms with van der Waals surface area (Å²) in [4.78, 5) is 0. The van der Waals surface area contributed by atoms with Crippen LogP contribution in [0.25, 0.3) is 0 Å². The molecule has 0 bridgehead atoms. The van der Waals surface area contributed by atoms with Gasteiger partial charge in [0.25, 0.3) is 5.92 Å². The molecule has 4 aliphatic rings. The Morgan fingerprint density at radius 2 is 1.61 bits per heavy atom. The molecule has 0 spiro atoms. The van der Waals surface area contributed by atoms with E-state index in [1.165, 1.54) is 25.7 Å². The number of aliphatic hydroxyl groups is 1. The molecule has 0 aromatic rings. The van der Waals surface area contributed by atoms with Gasteiger partial charge in [0.1, 0.15) is 6.10 Å². The van der Waals surface area contributed by atoms with Gasteiger partial charge < -0.3 is 5.11 Å². The highest BCUT2D eigenvalue weighted by Gasteiger charge is 2.67. The molecule has 0 saturated heterocycles. The van der Waals surface area contributed by atoms with Gasteiger partial charge in [0.2, 0.25) is 0 Å². The Morgan fingerprint density at radius 1 is 0.913 bits per heavy atom. The molecule has 0 aromatic carbocycles. The van der Waals surface area contributed by atoms with Crippen LogP contribution in [0.3, 0.4) is 0 Å². The van der Waals surface area contributed by atoms with Gasteiger partial charge in [-0.1, -0.05) is 27.2 Å². The summed E-state index contributed by atoms with van der Waals surface area (Å²) in [6, 6.07) is 0. The summed E-state index contributed by atoms with van der Waals surface area (Å²) in [7, 11) is 0. The molecule has 0 aromatic heterocycles. The number of aliphatic hydroxyl groups excluding tert-OH is 1. The van der Waals surface area contributed by atoms with E-state index in [2.05, 4.69) is 13.8 Å². The molecule has 0 heterocycles. The molecule has 4 rings (SSSR count). The van der Waals surface area contributed by atoms with Crippen molar-refractivity contribution in [2.45, 2.75) is 84.2 Å². The normalized spacial score (nSPS) is 58.2. The second-order valence-electron chi connectivity index (χ2n) is 9.95. The van der Waals surface area contributed by atoms with Crippen molar-refractivity contribution in [1.29, 1.82) is 0 Å². The zero-order chi connectivity index (χ0) is 16.6. The number of rotatable bonds is 0. The van der Waals surface area contributed by atoms with Gasteiger partial charge in [0.05, 0.1) is 0 Å². The summed E-state index contributed by atoms with van der Waals surface area (Å²) in [5.74, 6) is -0.227. The Kier molecular flexibility index (Phi) is 3.49. The Hall–Kier alpha value is -0.180.